The van der Waals surface area contributed by atoms with Gasteiger partial charge in [0.2, 0.25) is 0 Å². The number of benzene rings is 1. The van der Waals surface area contributed by atoms with E-state index >= 15 is 0 Å². The SMILES string of the molecule is CC(NC(=O)c1cnn(C)c1C#N)c1nc(-c2ccc(Cl)cc2Cl)cs1. The summed E-state index contributed by atoms with van der Waals surface area (Å²) in [7, 11) is 1.61. The molecule has 3 rings (SSSR count). The molecule has 2 aromatic heterocycles. The maximum Gasteiger partial charge on any atom is 0.256 e. The van der Waals surface area contributed by atoms with Gasteiger partial charge in [0.15, 0.2) is 5.69 Å². The molecular formula is C17H13Cl2N5OS. The second-order valence-corrected chi connectivity index (χ2v) is 7.27. The van der Waals surface area contributed by atoms with Crippen molar-refractivity contribution < 1.29 is 4.79 Å². The van der Waals surface area contributed by atoms with E-state index in [1.54, 1.807) is 19.2 Å². The number of amides is 1. The summed E-state index contributed by atoms with van der Waals surface area (Å²) in [5.74, 6) is -0.372. The number of nitrogens with zero attached hydrogens (tertiary/aromatic N) is 4. The number of thiazole rings is 1. The molecule has 0 aliphatic heterocycles. The van der Waals surface area contributed by atoms with E-state index in [1.165, 1.54) is 22.2 Å². The second kappa shape index (κ2) is 7.46. The molecule has 3 aromatic rings. The van der Waals surface area contributed by atoms with Gasteiger partial charge in [-0.1, -0.05) is 23.2 Å². The third-order valence-electron chi connectivity index (χ3n) is 3.74. The van der Waals surface area contributed by atoms with E-state index in [2.05, 4.69) is 15.4 Å². The lowest BCUT2D eigenvalue weighted by Gasteiger charge is -2.10. The van der Waals surface area contributed by atoms with Crippen molar-refractivity contribution in [3.63, 3.8) is 0 Å². The van der Waals surface area contributed by atoms with E-state index < -0.39 is 0 Å². The van der Waals surface area contributed by atoms with Crippen LogP contribution in [0.4, 0.5) is 0 Å². The van der Waals surface area contributed by atoms with Crippen LogP contribution in [0.3, 0.4) is 0 Å². The minimum absolute atomic E-state index is 0.211. The highest BCUT2D eigenvalue weighted by atomic mass is 35.5. The summed E-state index contributed by atoms with van der Waals surface area (Å²) in [5, 5.41) is 19.6. The predicted octanol–water partition coefficient (Wildman–Crippen LogP) is 4.21. The van der Waals surface area contributed by atoms with Gasteiger partial charge < -0.3 is 5.32 Å². The van der Waals surface area contributed by atoms with Crippen LogP contribution >= 0.6 is 34.5 Å². The Morgan fingerprint density at radius 2 is 2.19 bits per heavy atom. The minimum Gasteiger partial charge on any atom is -0.343 e. The van der Waals surface area contributed by atoms with E-state index in [9.17, 15) is 4.79 Å². The number of rotatable bonds is 4. The van der Waals surface area contributed by atoms with Crippen LogP contribution in [-0.2, 0) is 7.05 Å². The molecule has 0 bridgehead atoms. The van der Waals surface area contributed by atoms with Gasteiger partial charge in [0, 0.05) is 23.0 Å². The van der Waals surface area contributed by atoms with Gasteiger partial charge in [-0.05, 0) is 25.1 Å². The topological polar surface area (TPSA) is 83.6 Å². The molecule has 0 saturated carbocycles. The third kappa shape index (κ3) is 3.58. The zero-order valence-corrected chi connectivity index (χ0v) is 16.2. The number of nitrogens with one attached hydrogen (secondary N) is 1. The van der Waals surface area contributed by atoms with Crippen LogP contribution in [-0.4, -0.2) is 20.7 Å². The van der Waals surface area contributed by atoms with Gasteiger partial charge in [-0.25, -0.2) is 4.98 Å². The summed E-state index contributed by atoms with van der Waals surface area (Å²) >= 11 is 13.6. The molecule has 0 aliphatic rings. The number of nitriles is 1. The van der Waals surface area contributed by atoms with Gasteiger partial charge in [-0.3, -0.25) is 9.48 Å². The quantitative estimate of drug-likeness (QED) is 0.704. The van der Waals surface area contributed by atoms with Crippen molar-refractivity contribution in [2.45, 2.75) is 13.0 Å². The Morgan fingerprint density at radius 3 is 2.88 bits per heavy atom. The first-order valence-corrected chi connectivity index (χ1v) is 9.18. The lowest BCUT2D eigenvalue weighted by atomic mass is 10.2. The monoisotopic (exact) mass is 405 g/mol. The first kappa shape index (κ1) is 18.4. The van der Waals surface area contributed by atoms with Gasteiger partial charge in [0.25, 0.3) is 5.91 Å². The molecule has 0 saturated heterocycles. The van der Waals surface area contributed by atoms with Crippen molar-refractivity contribution in [2.24, 2.45) is 7.05 Å². The summed E-state index contributed by atoms with van der Waals surface area (Å²) in [5.41, 5.74) is 1.94. The van der Waals surface area contributed by atoms with Crippen molar-refractivity contribution in [3.8, 4) is 17.3 Å². The number of carbonyl (C=O) groups excluding carboxylic acids is 1. The summed E-state index contributed by atoms with van der Waals surface area (Å²) in [4.78, 5) is 17.0. The Balaban J connectivity index is 1.79. The van der Waals surface area contributed by atoms with Crippen molar-refractivity contribution in [1.82, 2.24) is 20.1 Å². The standard InChI is InChI=1S/C17H13Cl2N5OS/c1-9(22-16(25)12-7-21-24(2)15(12)6-20)17-23-14(8-26-17)11-4-3-10(18)5-13(11)19/h3-5,7-9H,1-2H3,(H,22,25). The molecule has 1 N–H and O–H groups in total. The Morgan fingerprint density at radius 1 is 1.42 bits per heavy atom. The average molecular weight is 406 g/mol. The Labute approximate surface area is 164 Å². The first-order valence-electron chi connectivity index (χ1n) is 7.54. The summed E-state index contributed by atoms with van der Waals surface area (Å²) in [6.45, 7) is 1.83. The molecule has 6 nitrogen and oxygen atoms in total. The van der Waals surface area contributed by atoms with Crippen molar-refractivity contribution >= 4 is 40.4 Å². The average Bonchev–Trinajstić information content (AvgIpc) is 3.21. The fraction of sp³-hybridized carbons (Fsp3) is 0.176. The zero-order chi connectivity index (χ0) is 18.8. The van der Waals surface area contributed by atoms with E-state index in [-0.39, 0.29) is 23.2 Å². The highest BCUT2D eigenvalue weighted by Crippen LogP contribution is 2.32. The molecular weight excluding hydrogens is 393 g/mol. The number of halogens is 2. The molecule has 0 spiro atoms. The van der Waals surface area contributed by atoms with E-state index in [1.807, 2.05) is 24.4 Å². The molecule has 1 unspecified atom stereocenters. The molecule has 9 heteroatoms. The summed E-state index contributed by atoms with van der Waals surface area (Å²) < 4.78 is 1.36. The Bertz CT molecular complexity index is 1020. The van der Waals surface area contributed by atoms with Crippen LogP contribution in [0.25, 0.3) is 11.3 Å². The van der Waals surface area contributed by atoms with Crippen LogP contribution in [0.5, 0.6) is 0 Å². The molecule has 2 heterocycles. The second-order valence-electron chi connectivity index (χ2n) is 5.53. The number of hydrogen-bond acceptors (Lipinski definition) is 5. The van der Waals surface area contributed by atoms with Crippen LogP contribution < -0.4 is 5.32 Å². The normalized spacial score (nSPS) is 11.8. The summed E-state index contributed by atoms with van der Waals surface area (Å²) in [6, 6.07) is 6.86. The zero-order valence-electron chi connectivity index (χ0n) is 13.8. The lowest BCUT2D eigenvalue weighted by molar-refractivity contribution is 0.0939. The van der Waals surface area contributed by atoms with E-state index in [0.29, 0.717) is 15.7 Å². The van der Waals surface area contributed by atoms with Crippen LogP contribution in [0.2, 0.25) is 10.0 Å². The van der Waals surface area contributed by atoms with Gasteiger partial charge in [-0.2, -0.15) is 10.4 Å². The van der Waals surface area contributed by atoms with Crippen LogP contribution in [0, 0.1) is 11.3 Å². The molecule has 1 aromatic carbocycles. The predicted molar refractivity (Wildman–Crippen MR) is 101 cm³/mol. The fourth-order valence-electron chi connectivity index (χ4n) is 2.38. The van der Waals surface area contributed by atoms with Crippen LogP contribution in [0.1, 0.15) is 34.0 Å². The van der Waals surface area contributed by atoms with Gasteiger partial charge in [-0.15, -0.1) is 11.3 Å². The molecule has 0 radical (unpaired) electrons. The third-order valence-corrected chi connectivity index (χ3v) is 5.31. The molecule has 132 valence electrons. The van der Waals surface area contributed by atoms with Crippen molar-refractivity contribution in [1.29, 1.82) is 5.26 Å². The Kier molecular flexibility index (Phi) is 5.28. The first-order chi connectivity index (χ1) is 12.4. The van der Waals surface area contributed by atoms with Gasteiger partial charge in [0.1, 0.15) is 11.1 Å². The number of carbonyl (C=O) groups is 1. The highest BCUT2D eigenvalue weighted by Gasteiger charge is 2.20. The smallest absolute Gasteiger partial charge is 0.256 e. The van der Waals surface area contributed by atoms with E-state index in [4.69, 9.17) is 28.5 Å². The van der Waals surface area contributed by atoms with Gasteiger partial charge >= 0.3 is 0 Å². The minimum atomic E-state index is -0.372. The van der Waals surface area contributed by atoms with E-state index in [0.717, 1.165) is 10.6 Å². The number of hydrogen-bond donors (Lipinski definition) is 1. The highest BCUT2D eigenvalue weighted by molar-refractivity contribution is 7.10. The van der Waals surface area contributed by atoms with Crippen molar-refractivity contribution in [3.05, 3.63) is 56.1 Å². The summed E-state index contributed by atoms with van der Waals surface area (Å²) in [6.07, 6.45) is 1.38. The molecule has 0 aliphatic carbocycles. The molecule has 26 heavy (non-hydrogen) atoms. The molecule has 0 fully saturated rings. The maximum atomic E-state index is 12.4. The van der Waals surface area contributed by atoms with Gasteiger partial charge in [0.05, 0.1) is 28.5 Å². The largest absolute Gasteiger partial charge is 0.343 e. The van der Waals surface area contributed by atoms with Crippen LogP contribution in [0.15, 0.2) is 29.8 Å². The number of aromatic nitrogens is 3. The van der Waals surface area contributed by atoms with Crippen molar-refractivity contribution in [2.75, 3.05) is 0 Å². The molecule has 1 amide bonds. The number of aryl methyl sites for hydroxylation is 1. The fourth-order valence-corrected chi connectivity index (χ4v) is 3.71. The maximum absolute atomic E-state index is 12.4. The molecule has 1 atom stereocenters. The Hall–Kier alpha value is -2.40. The lowest BCUT2D eigenvalue weighted by Crippen LogP contribution is -2.27.